The van der Waals surface area contributed by atoms with E-state index in [1.54, 1.807) is 0 Å². The summed E-state index contributed by atoms with van der Waals surface area (Å²) in [6.07, 6.45) is 7.26. The van der Waals surface area contributed by atoms with E-state index in [-0.39, 0.29) is 0 Å². The minimum atomic E-state index is 0.460. The Bertz CT molecular complexity index is 313. The summed E-state index contributed by atoms with van der Waals surface area (Å²) in [5, 5.41) is 0. The molecular formula is C13H22N2O. The Morgan fingerprint density at radius 3 is 2.56 bits per heavy atom. The highest BCUT2D eigenvalue weighted by Gasteiger charge is 2.18. The third-order valence-electron chi connectivity index (χ3n) is 3.55. The van der Waals surface area contributed by atoms with Gasteiger partial charge < -0.3 is 10.2 Å². The summed E-state index contributed by atoms with van der Waals surface area (Å²) in [5.74, 6) is 0.886. The zero-order valence-corrected chi connectivity index (χ0v) is 10.1. The van der Waals surface area contributed by atoms with Gasteiger partial charge in [0.15, 0.2) is 0 Å². The SMILES string of the molecule is CC(c1coc(CN)c1)N1CCCCCC1. The number of hydrogen-bond acceptors (Lipinski definition) is 3. The van der Waals surface area contributed by atoms with Gasteiger partial charge in [-0.15, -0.1) is 0 Å². The first-order chi connectivity index (χ1) is 7.81. The normalized spacial score (nSPS) is 20.6. The predicted molar refractivity (Wildman–Crippen MR) is 65.1 cm³/mol. The van der Waals surface area contributed by atoms with E-state index < -0.39 is 0 Å². The Morgan fingerprint density at radius 2 is 2.00 bits per heavy atom. The maximum absolute atomic E-state index is 5.56. The van der Waals surface area contributed by atoms with Crippen LogP contribution in [-0.2, 0) is 6.54 Å². The van der Waals surface area contributed by atoms with Gasteiger partial charge in [-0.3, -0.25) is 4.90 Å². The van der Waals surface area contributed by atoms with Crippen LogP contribution in [0.2, 0.25) is 0 Å². The molecule has 0 aliphatic carbocycles. The predicted octanol–water partition coefficient (Wildman–Crippen LogP) is 2.68. The second-order valence-electron chi connectivity index (χ2n) is 4.68. The van der Waals surface area contributed by atoms with Crippen LogP contribution in [0.3, 0.4) is 0 Å². The van der Waals surface area contributed by atoms with Gasteiger partial charge in [0.25, 0.3) is 0 Å². The van der Waals surface area contributed by atoms with Crippen molar-refractivity contribution in [2.24, 2.45) is 5.73 Å². The van der Waals surface area contributed by atoms with Crippen LogP contribution in [0.15, 0.2) is 16.7 Å². The highest BCUT2D eigenvalue weighted by molar-refractivity contribution is 5.16. The lowest BCUT2D eigenvalue weighted by Gasteiger charge is -2.26. The summed E-state index contributed by atoms with van der Waals surface area (Å²) in [6, 6.07) is 2.55. The van der Waals surface area contributed by atoms with E-state index in [0.29, 0.717) is 12.6 Å². The second kappa shape index (κ2) is 5.51. The molecule has 1 aliphatic heterocycles. The molecule has 0 bridgehead atoms. The van der Waals surface area contributed by atoms with E-state index in [4.69, 9.17) is 10.2 Å². The van der Waals surface area contributed by atoms with Crippen molar-refractivity contribution in [3.63, 3.8) is 0 Å². The largest absolute Gasteiger partial charge is 0.468 e. The number of rotatable bonds is 3. The third-order valence-corrected chi connectivity index (χ3v) is 3.55. The van der Waals surface area contributed by atoms with Gasteiger partial charge in [0.1, 0.15) is 5.76 Å². The van der Waals surface area contributed by atoms with Gasteiger partial charge in [-0.25, -0.2) is 0 Å². The molecule has 2 rings (SSSR count). The fraction of sp³-hybridized carbons (Fsp3) is 0.692. The first-order valence-electron chi connectivity index (χ1n) is 6.32. The molecular weight excluding hydrogens is 200 g/mol. The Labute approximate surface area is 97.6 Å². The van der Waals surface area contributed by atoms with Gasteiger partial charge in [-0.2, -0.15) is 0 Å². The maximum Gasteiger partial charge on any atom is 0.117 e. The fourth-order valence-electron chi connectivity index (χ4n) is 2.42. The molecule has 1 aliphatic rings. The van der Waals surface area contributed by atoms with Crippen LogP contribution in [-0.4, -0.2) is 18.0 Å². The zero-order chi connectivity index (χ0) is 11.4. The van der Waals surface area contributed by atoms with E-state index in [9.17, 15) is 0 Å². The van der Waals surface area contributed by atoms with Crippen LogP contribution in [0.4, 0.5) is 0 Å². The highest BCUT2D eigenvalue weighted by Crippen LogP contribution is 2.25. The van der Waals surface area contributed by atoms with Crippen molar-refractivity contribution in [3.8, 4) is 0 Å². The summed E-state index contributed by atoms with van der Waals surface area (Å²) in [5.41, 5.74) is 6.83. The standard InChI is InChI=1S/C13H22N2O/c1-11(12-8-13(9-14)16-10-12)15-6-4-2-3-5-7-15/h8,10-11H,2-7,9,14H2,1H3. The molecule has 0 radical (unpaired) electrons. The molecule has 0 amide bonds. The van der Waals surface area contributed by atoms with Crippen molar-refractivity contribution in [2.45, 2.75) is 45.2 Å². The summed E-state index contributed by atoms with van der Waals surface area (Å²) in [7, 11) is 0. The van der Waals surface area contributed by atoms with Crippen molar-refractivity contribution in [2.75, 3.05) is 13.1 Å². The zero-order valence-electron chi connectivity index (χ0n) is 10.1. The average molecular weight is 222 g/mol. The molecule has 0 spiro atoms. The van der Waals surface area contributed by atoms with Crippen molar-refractivity contribution in [1.82, 2.24) is 4.90 Å². The van der Waals surface area contributed by atoms with Crippen LogP contribution in [0.5, 0.6) is 0 Å². The summed E-state index contributed by atoms with van der Waals surface area (Å²) < 4.78 is 5.41. The summed E-state index contributed by atoms with van der Waals surface area (Å²) in [6.45, 7) is 5.18. The van der Waals surface area contributed by atoms with E-state index in [1.807, 2.05) is 6.26 Å². The monoisotopic (exact) mass is 222 g/mol. The lowest BCUT2D eigenvalue weighted by molar-refractivity contribution is 0.218. The van der Waals surface area contributed by atoms with Crippen molar-refractivity contribution in [3.05, 3.63) is 23.7 Å². The number of nitrogens with two attached hydrogens (primary N) is 1. The molecule has 3 heteroatoms. The van der Waals surface area contributed by atoms with Gasteiger partial charge in [0.05, 0.1) is 12.8 Å². The molecule has 1 aromatic heterocycles. The molecule has 0 saturated carbocycles. The van der Waals surface area contributed by atoms with Crippen LogP contribution >= 0.6 is 0 Å². The number of hydrogen-bond donors (Lipinski definition) is 1. The molecule has 16 heavy (non-hydrogen) atoms. The third kappa shape index (κ3) is 2.66. The van der Waals surface area contributed by atoms with Gasteiger partial charge in [0, 0.05) is 11.6 Å². The molecule has 1 fully saturated rings. The second-order valence-corrected chi connectivity index (χ2v) is 4.68. The molecule has 0 aromatic carbocycles. The van der Waals surface area contributed by atoms with E-state index >= 15 is 0 Å². The van der Waals surface area contributed by atoms with Crippen LogP contribution in [0.25, 0.3) is 0 Å². The summed E-state index contributed by atoms with van der Waals surface area (Å²) >= 11 is 0. The lowest BCUT2D eigenvalue weighted by atomic mass is 10.1. The minimum absolute atomic E-state index is 0.460. The number of furan rings is 1. The molecule has 90 valence electrons. The van der Waals surface area contributed by atoms with Gasteiger partial charge in [-0.05, 0) is 38.9 Å². The average Bonchev–Trinajstić information content (AvgIpc) is 2.62. The summed E-state index contributed by atoms with van der Waals surface area (Å²) in [4.78, 5) is 2.55. The van der Waals surface area contributed by atoms with Gasteiger partial charge >= 0.3 is 0 Å². The van der Waals surface area contributed by atoms with Gasteiger partial charge in [0.2, 0.25) is 0 Å². The Morgan fingerprint density at radius 1 is 1.31 bits per heavy atom. The van der Waals surface area contributed by atoms with Crippen molar-refractivity contribution >= 4 is 0 Å². The van der Waals surface area contributed by atoms with Gasteiger partial charge in [-0.1, -0.05) is 12.8 Å². The fourth-order valence-corrected chi connectivity index (χ4v) is 2.42. The van der Waals surface area contributed by atoms with E-state index in [1.165, 1.54) is 44.3 Å². The van der Waals surface area contributed by atoms with E-state index in [2.05, 4.69) is 17.9 Å². The van der Waals surface area contributed by atoms with Crippen molar-refractivity contribution in [1.29, 1.82) is 0 Å². The van der Waals surface area contributed by atoms with Crippen molar-refractivity contribution < 1.29 is 4.42 Å². The number of likely N-dealkylation sites (tertiary alicyclic amines) is 1. The Balaban J connectivity index is 2.01. The van der Waals surface area contributed by atoms with Crippen LogP contribution < -0.4 is 5.73 Å². The quantitative estimate of drug-likeness (QED) is 0.855. The van der Waals surface area contributed by atoms with E-state index in [0.717, 1.165) is 5.76 Å². The minimum Gasteiger partial charge on any atom is -0.468 e. The Kier molecular flexibility index (Phi) is 4.02. The number of nitrogens with zero attached hydrogens (tertiary/aromatic N) is 1. The first kappa shape index (κ1) is 11.7. The molecule has 1 unspecified atom stereocenters. The molecule has 2 N–H and O–H groups in total. The highest BCUT2D eigenvalue weighted by atomic mass is 16.3. The smallest absolute Gasteiger partial charge is 0.117 e. The Hall–Kier alpha value is -0.800. The first-order valence-corrected chi connectivity index (χ1v) is 6.32. The molecule has 1 aromatic rings. The van der Waals surface area contributed by atoms with Crippen LogP contribution in [0, 0.1) is 0 Å². The molecule has 1 atom stereocenters. The topological polar surface area (TPSA) is 42.4 Å². The molecule has 3 nitrogen and oxygen atoms in total. The maximum atomic E-state index is 5.56. The molecule has 1 saturated heterocycles. The lowest BCUT2D eigenvalue weighted by Crippen LogP contribution is -2.27. The molecule has 2 heterocycles. The van der Waals surface area contributed by atoms with Crippen LogP contribution in [0.1, 0.15) is 50.0 Å².